The summed E-state index contributed by atoms with van der Waals surface area (Å²) in [4.78, 5) is 22.2. The summed E-state index contributed by atoms with van der Waals surface area (Å²) >= 11 is 0. The number of rotatable bonds is 4. The van der Waals surface area contributed by atoms with E-state index in [4.69, 9.17) is 4.74 Å². The van der Waals surface area contributed by atoms with Crippen molar-refractivity contribution in [3.05, 3.63) is 89.1 Å². The van der Waals surface area contributed by atoms with Gasteiger partial charge < -0.3 is 9.30 Å². The lowest BCUT2D eigenvalue weighted by Crippen LogP contribution is -2.22. The average Bonchev–Trinajstić information content (AvgIpc) is 3.23. The minimum atomic E-state index is -0.142. The number of benzene rings is 2. The standard InChI is InChI=1S/C22H17N5O2/c1-29-18-10-6-5-9-16(18)13-26-12-11-17-19(21(26)28)20(15-7-3-2-4-8-15)27-22(25-17)23-14-24-27/h2-12,14H,13H2,1H3. The van der Waals surface area contributed by atoms with Crippen LogP contribution in [0.3, 0.4) is 0 Å². The van der Waals surface area contributed by atoms with Crippen molar-refractivity contribution in [3.63, 3.8) is 0 Å². The van der Waals surface area contributed by atoms with Crippen molar-refractivity contribution in [1.29, 1.82) is 0 Å². The molecule has 7 nitrogen and oxygen atoms in total. The van der Waals surface area contributed by atoms with Gasteiger partial charge in [-0.25, -0.2) is 4.98 Å². The van der Waals surface area contributed by atoms with Crippen molar-refractivity contribution in [2.24, 2.45) is 0 Å². The first-order chi connectivity index (χ1) is 14.3. The molecule has 0 unspecified atom stereocenters. The van der Waals surface area contributed by atoms with E-state index in [1.54, 1.807) is 22.4 Å². The Morgan fingerprint density at radius 2 is 1.79 bits per heavy atom. The number of ether oxygens (including phenoxy) is 1. The number of para-hydroxylation sites is 1. The fourth-order valence-electron chi connectivity index (χ4n) is 3.57. The van der Waals surface area contributed by atoms with Gasteiger partial charge in [0.05, 0.1) is 30.3 Å². The Morgan fingerprint density at radius 1 is 1.00 bits per heavy atom. The highest BCUT2D eigenvalue weighted by atomic mass is 16.5. The molecule has 0 aliphatic carbocycles. The second-order valence-electron chi connectivity index (χ2n) is 6.62. The first-order valence-corrected chi connectivity index (χ1v) is 9.16. The van der Waals surface area contributed by atoms with Crippen molar-refractivity contribution < 1.29 is 4.74 Å². The van der Waals surface area contributed by atoms with E-state index in [-0.39, 0.29) is 5.56 Å². The van der Waals surface area contributed by atoms with E-state index in [1.165, 1.54) is 6.33 Å². The zero-order chi connectivity index (χ0) is 19.8. The Labute approximate surface area is 165 Å². The van der Waals surface area contributed by atoms with Crippen LogP contribution in [-0.2, 0) is 6.54 Å². The normalized spacial score (nSPS) is 11.2. The molecule has 142 valence electrons. The summed E-state index contributed by atoms with van der Waals surface area (Å²) < 4.78 is 8.72. The van der Waals surface area contributed by atoms with Gasteiger partial charge in [-0.2, -0.15) is 14.6 Å². The quantitative estimate of drug-likeness (QED) is 0.477. The number of nitrogens with zero attached hydrogens (tertiary/aromatic N) is 5. The Hall–Kier alpha value is -4.00. The summed E-state index contributed by atoms with van der Waals surface area (Å²) in [7, 11) is 1.63. The molecule has 29 heavy (non-hydrogen) atoms. The summed E-state index contributed by atoms with van der Waals surface area (Å²) in [6.45, 7) is 0.391. The lowest BCUT2D eigenvalue weighted by molar-refractivity contribution is 0.408. The van der Waals surface area contributed by atoms with Crippen LogP contribution in [0.15, 0.2) is 78.0 Å². The summed E-state index contributed by atoms with van der Waals surface area (Å²) in [5.41, 5.74) is 2.93. The number of hydrogen-bond acceptors (Lipinski definition) is 5. The molecule has 7 heteroatoms. The fraction of sp³-hybridized carbons (Fsp3) is 0.0909. The molecule has 0 aliphatic heterocycles. The molecule has 0 radical (unpaired) electrons. The highest BCUT2D eigenvalue weighted by Crippen LogP contribution is 2.26. The highest BCUT2D eigenvalue weighted by molar-refractivity contribution is 5.93. The molecule has 5 aromatic rings. The zero-order valence-electron chi connectivity index (χ0n) is 15.7. The first kappa shape index (κ1) is 17.1. The summed E-state index contributed by atoms with van der Waals surface area (Å²) in [6, 6.07) is 19.2. The SMILES string of the molecule is COc1ccccc1Cn1ccc2nc3ncnn3c(-c3ccccc3)c2c1=O. The third-order valence-corrected chi connectivity index (χ3v) is 4.92. The molecule has 5 rings (SSSR count). The maximum Gasteiger partial charge on any atom is 0.262 e. The molecule has 0 saturated heterocycles. The van der Waals surface area contributed by atoms with Gasteiger partial charge in [0, 0.05) is 17.3 Å². The van der Waals surface area contributed by atoms with Crippen LogP contribution in [0.2, 0.25) is 0 Å². The van der Waals surface area contributed by atoms with Crippen molar-refractivity contribution in [3.8, 4) is 17.0 Å². The van der Waals surface area contributed by atoms with Gasteiger partial charge in [-0.15, -0.1) is 0 Å². The van der Waals surface area contributed by atoms with Crippen LogP contribution in [0.5, 0.6) is 5.75 Å². The third kappa shape index (κ3) is 2.84. The van der Waals surface area contributed by atoms with E-state index in [2.05, 4.69) is 15.1 Å². The van der Waals surface area contributed by atoms with E-state index in [1.807, 2.05) is 60.7 Å². The lowest BCUT2D eigenvalue weighted by Gasteiger charge is -2.13. The molecule has 3 aromatic heterocycles. The predicted molar refractivity (Wildman–Crippen MR) is 110 cm³/mol. The van der Waals surface area contributed by atoms with Crippen LogP contribution in [0, 0.1) is 0 Å². The fourth-order valence-corrected chi connectivity index (χ4v) is 3.57. The van der Waals surface area contributed by atoms with Crippen molar-refractivity contribution >= 4 is 16.7 Å². The van der Waals surface area contributed by atoms with E-state index >= 15 is 0 Å². The van der Waals surface area contributed by atoms with Gasteiger partial charge in [0.1, 0.15) is 12.1 Å². The van der Waals surface area contributed by atoms with E-state index in [9.17, 15) is 4.79 Å². The summed E-state index contributed by atoms with van der Waals surface area (Å²) in [5.74, 6) is 1.20. The Morgan fingerprint density at radius 3 is 2.62 bits per heavy atom. The van der Waals surface area contributed by atoms with Crippen LogP contribution in [0.1, 0.15) is 5.56 Å². The number of pyridine rings is 1. The van der Waals surface area contributed by atoms with E-state index < -0.39 is 0 Å². The molecule has 0 amide bonds. The van der Waals surface area contributed by atoms with Gasteiger partial charge in [0.25, 0.3) is 11.3 Å². The molecule has 0 spiro atoms. The molecule has 0 bridgehead atoms. The van der Waals surface area contributed by atoms with Crippen molar-refractivity contribution in [1.82, 2.24) is 24.1 Å². The van der Waals surface area contributed by atoms with Gasteiger partial charge >= 0.3 is 0 Å². The minimum absolute atomic E-state index is 0.142. The number of fused-ring (bicyclic) bond motifs is 2. The van der Waals surface area contributed by atoms with E-state index in [0.717, 1.165) is 16.9 Å². The summed E-state index contributed by atoms with van der Waals surface area (Å²) in [5, 5.41) is 4.81. The van der Waals surface area contributed by atoms with Crippen LogP contribution in [-0.4, -0.2) is 31.3 Å². The van der Waals surface area contributed by atoms with Crippen LogP contribution in [0.25, 0.3) is 27.9 Å². The van der Waals surface area contributed by atoms with Crippen molar-refractivity contribution in [2.75, 3.05) is 7.11 Å². The van der Waals surface area contributed by atoms with Gasteiger partial charge in [0.2, 0.25) is 0 Å². The largest absolute Gasteiger partial charge is 0.496 e. The second-order valence-corrected chi connectivity index (χ2v) is 6.62. The second kappa shape index (κ2) is 6.87. The minimum Gasteiger partial charge on any atom is -0.496 e. The molecular formula is C22H17N5O2. The molecule has 0 fully saturated rings. The average molecular weight is 383 g/mol. The van der Waals surface area contributed by atoms with Gasteiger partial charge in [-0.05, 0) is 12.1 Å². The first-order valence-electron chi connectivity index (χ1n) is 9.16. The Balaban J connectivity index is 1.79. The molecular weight excluding hydrogens is 366 g/mol. The third-order valence-electron chi connectivity index (χ3n) is 4.92. The van der Waals surface area contributed by atoms with Crippen molar-refractivity contribution in [2.45, 2.75) is 6.54 Å². The maximum atomic E-state index is 13.5. The molecule has 0 saturated carbocycles. The maximum absolute atomic E-state index is 13.5. The molecule has 0 atom stereocenters. The topological polar surface area (TPSA) is 74.3 Å². The molecule has 2 aromatic carbocycles. The van der Waals surface area contributed by atoms with Gasteiger partial charge in [-0.1, -0.05) is 48.5 Å². The smallest absolute Gasteiger partial charge is 0.262 e. The van der Waals surface area contributed by atoms with Crippen LogP contribution < -0.4 is 10.3 Å². The Kier molecular flexibility index (Phi) is 4.05. The highest BCUT2D eigenvalue weighted by Gasteiger charge is 2.17. The lowest BCUT2D eigenvalue weighted by atomic mass is 10.1. The monoisotopic (exact) mass is 383 g/mol. The van der Waals surface area contributed by atoms with Crippen LogP contribution in [0.4, 0.5) is 0 Å². The molecule has 0 N–H and O–H groups in total. The number of methoxy groups -OCH3 is 1. The van der Waals surface area contributed by atoms with Gasteiger partial charge in [-0.3, -0.25) is 4.79 Å². The van der Waals surface area contributed by atoms with Crippen LogP contribution >= 0.6 is 0 Å². The predicted octanol–water partition coefficient (Wildman–Crippen LogP) is 3.16. The molecule has 3 heterocycles. The molecule has 0 aliphatic rings. The number of hydrogen-bond donors (Lipinski definition) is 0. The van der Waals surface area contributed by atoms with E-state index in [0.29, 0.717) is 28.9 Å². The summed E-state index contributed by atoms with van der Waals surface area (Å²) in [6.07, 6.45) is 3.20. The van der Waals surface area contributed by atoms with Gasteiger partial charge in [0.15, 0.2) is 0 Å². The zero-order valence-corrected chi connectivity index (χ0v) is 15.7. The number of aromatic nitrogens is 5. The Bertz CT molecular complexity index is 1390.